The van der Waals surface area contributed by atoms with Crippen LogP contribution >= 0.6 is 11.3 Å². The molecule has 11 heteroatoms. The molecule has 0 aliphatic rings. The lowest BCUT2D eigenvalue weighted by Crippen LogP contribution is -2.35. The van der Waals surface area contributed by atoms with Crippen molar-refractivity contribution < 1.29 is 37.0 Å². The number of hydrogen-bond donors (Lipinski definition) is 1. The number of nitrogens with zero attached hydrogens (tertiary/aromatic N) is 1. The molecule has 1 heterocycles. The van der Waals surface area contributed by atoms with Gasteiger partial charge in [-0.3, -0.25) is 4.79 Å². The summed E-state index contributed by atoms with van der Waals surface area (Å²) in [7, 11) is 1.17. The van der Waals surface area contributed by atoms with Gasteiger partial charge in [0.2, 0.25) is 5.75 Å². The van der Waals surface area contributed by atoms with E-state index in [0.29, 0.717) is 0 Å². The van der Waals surface area contributed by atoms with Gasteiger partial charge in [0.25, 0.3) is 5.91 Å². The van der Waals surface area contributed by atoms with Gasteiger partial charge in [0.1, 0.15) is 6.61 Å². The van der Waals surface area contributed by atoms with Crippen LogP contribution in [0.4, 0.5) is 13.2 Å². The first-order valence-electron chi connectivity index (χ1n) is 10.4. The molecule has 1 aromatic heterocycles. The second kappa shape index (κ2) is 11.7. The number of esters is 1. The Hall–Kier alpha value is -3.57. The van der Waals surface area contributed by atoms with Crippen LogP contribution in [0.25, 0.3) is 0 Å². The SMILES string of the molecule is COc1c(OCc2ccccc2)ccc(C(=O)N(CCN)Cc2cccs2)c1OC(=O)C(F)(F)F. The molecule has 186 valence electrons. The highest BCUT2D eigenvalue weighted by atomic mass is 32.1. The fraction of sp³-hybridized carbons (Fsp3) is 0.250. The summed E-state index contributed by atoms with van der Waals surface area (Å²) in [4.78, 5) is 27.3. The van der Waals surface area contributed by atoms with Crippen molar-refractivity contribution in [1.82, 2.24) is 4.90 Å². The maximum absolute atomic E-state index is 13.4. The number of benzene rings is 2. The lowest BCUT2D eigenvalue weighted by Gasteiger charge is -2.24. The highest BCUT2D eigenvalue weighted by Crippen LogP contribution is 2.42. The van der Waals surface area contributed by atoms with E-state index in [1.807, 2.05) is 23.6 Å². The molecule has 0 saturated carbocycles. The number of carbonyl (C=O) groups excluding carboxylic acids is 2. The molecule has 0 unspecified atom stereocenters. The van der Waals surface area contributed by atoms with E-state index in [0.717, 1.165) is 10.4 Å². The van der Waals surface area contributed by atoms with E-state index in [4.69, 9.17) is 15.2 Å². The van der Waals surface area contributed by atoms with E-state index < -0.39 is 23.8 Å². The first-order chi connectivity index (χ1) is 16.7. The lowest BCUT2D eigenvalue weighted by atomic mass is 10.1. The van der Waals surface area contributed by atoms with Crippen molar-refractivity contribution in [3.63, 3.8) is 0 Å². The highest BCUT2D eigenvalue weighted by molar-refractivity contribution is 7.09. The van der Waals surface area contributed by atoms with Crippen molar-refractivity contribution in [2.75, 3.05) is 20.2 Å². The Morgan fingerprint density at radius 2 is 1.77 bits per heavy atom. The number of carbonyl (C=O) groups is 2. The molecule has 0 fully saturated rings. The van der Waals surface area contributed by atoms with Crippen molar-refractivity contribution in [2.45, 2.75) is 19.3 Å². The van der Waals surface area contributed by atoms with Crippen molar-refractivity contribution in [2.24, 2.45) is 5.73 Å². The zero-order chi connectivity index (χ0) is 25.4. The highest BCUT2D eigenvalue weighted by Gasteiger charge is 2.43. The molecule has 0 aliphatic carbocycles. The van der Waals surface area contributed by atoms with Gasteiger partial charge in [0.05, 0.1) is 19.2 Å². The third kappa shape index (κ3) is 6.74. The summed E-state index contributed by atoms with van der Waals surface area (Å²) >= 11 is 1.41. The van der Waals surface area contributed by atoms with Gasteiger partial charge in [-0.05, 0) is 29.1 Å². The van der Waals surface area contributed by atoms with Gasteiger partial charge in [-0.25, -0.2) is 4.79 Å². The summed E-state index contributed by atoms with van der Waals surface area (Å²) in [5.41, 5.74) is 6.15. The Labute approximate surface area is 203 Å². The molecule has 3 aromatic rings. The number of thiophene rings is 1. The van der Waals surface area contributed by atoms with Crippen LogP contribution in [0.5, 0.6) is 17.2 Å². The molecular formula is C24H23F3N2O5S. The molecule has 2 N–H and O–H groups in total. The molecule has 0 radical (unpaired) electrons. The second-order valence-electron chi connectivity index (χ2n) is 7.23. The Morgan fingerprint density at radius 1 is 1.03 bits per heavy atom. The summed E-state index contributed by atoms with van der Waals surface area (Å²) in [6.07, 6.45) is -5.29. The first kappa shape index (κ1) is 26.0. The third-order valence-corrected chi connectivity index (χ3v) is 5.65. The summed E-state index contributed by atoms with van der Waals surface area (Å²) < 4.78 is 54.8. The number of nitrogens with two attached hydrogens (primary N) is 1. The van der Waals surface area contributed by atoms with Crippen LogP contribution in [-0.2, 0) is 17.9 Å². The molecule has 3 rings (SSSR count). The maximum atomic E-state index is 13.4. The van der Waals surface area contributed by atoms with E-state index in [9.17, 15) is 22.8 Å². The Kier molecular flexibility index (Phi) is 8.72. The monoisotopic (exact) mass is 508 g/mol. The van der Waals surface area contributed by atoms with Gasteiger partial charge in [-0.15, -0.1) is 11.3 Å². The van der Waals surface area contributed by atoms with E-state index in [-0.39, 0.29) is 43.3 Å². The van der Waals surface area contributed by atoms with Crippen LogP contribution < -0.4 is 19.9 Å². The van der Waals surface area contributed by atoms with E-state index in [1.54, 1.807) is 24.3 Å². The molecule has 7 nitrogen and oxygen atoms in total. The summed E-state index contributed by atoms with van der Waals surface area (Å²) in [6, 6.07) is 15.3. The zero-order valence-corrected chi connectivity index (χ0v) is 19.5. The molecule has 0 bridgehead atoms. The van der Waals surface area contributed by atoms with E-state index >= 15 is 0 Å². The molecule has 0 atom stereocenters. The fourth-order valence-electron chi connectivity index (χ4n) is 3.18. The van der Waals surface area contributed by atoms with Crippen molar-refractivity contribution in [3.05, 3.63) is 76.0 Å². The summed E-state index contributed by atoms with van der Waals surface area (Å²) in [6.45, 7) is 0.478. The van der Waals surface area contributed by atoms with Gasteiger partial charge in [0, 0.05) is 18.0 Å². The minimum Gasteiger partial charge on any atom is -0.490 e. The second-order valence-corrected chi connectivity index (χ2v) is 8.26. The lowest BCUT2D eigenvalue weighted by molar-refractivity contribution is -0.189. The fourth-order valence-corrected chi connectivity index (χ4v) is 3.90. The van der Waals surface area contributed by atoms with E-state index in [1.165, 1.54) is 35.5 Å². The van der Waals surface area contributed by atoms with Crippen LogP contribution in [0.3, 0.4) is 0 Å². The maximum Gasteiger partial charge on any atom is 0.491 e. The van der Waals surface area contributed by atoms with Gasteiger partial charge in [0.15, 0.2) is 11.5 Å². The minimum atomic E-state index is -5.29. The predicted molar refractivity (Wildman–Crippen MR) is 124 cm³/mol. The standard InChI is InChI=1S/C24H23F3N2O5S/c1-32-21-19(33-15-16-6-3-2-4-7-16)10-9-18(20(21)34-23(31)24(25,26)27)22(30)29(12-11-28)14-17-8-5-13-35-17/h2-10,13H,11-12,14-15,28H2,1H3. The zero-order valence-electron chi connectivity index (χ0n) is 18.7. The van der Waals surface area contributed by atoms with Crippen LogP contribution in [0, 0.1) is 0 Å². The van der Waals surface area contributed by atoms with Gasteiger partial charge in [-0.1, -0.05) is 36.4 Å². The van der Waals surface area contributed by atoms with Crippen LogP contribution in [0.1, 0.15) is 20.8 Å². The minimum absolute atomic E-state index is 0.00140. The number of halogens is 3. The average Bonchev–Trinajstić information content (AvgIpc) is 3.35. The number of ether oxygens (including phenoxy) is 3. The van der Waals surface area contributed by atoms with Crippen molar-refractivity contribution in [3.8, 4) is 17.2 Å². The number of hydrogen-bond acceptors (Lipinski definition) is 7. The first-order valence-corrected chi connectivity index (χ1v) is 11.3. The van der Waals surface area contributed by atoms with Gasteiger partial charge < -0.3 is 24.8 Å². The molecule has 2 aromatic carbocycles. The number of alkyl halides is 3. The average molecular weight is 509 g/mol. The van der Waals surface area contributed by atoms with Crippen molar-refractivity contribution >= 4 is 23.2 Å². The van der Waals surface area contributed by atoms with Crippen LogP contribution in [0.15, 0.2) is 60.0 Å². The van der Waals surface area contributed by atoms with Gasteiger partial charge in [-0.2, -0.15) is 13.2 Å². The Bertz CT molecular complexity index is 1140. The molecule has 0 aliphatic heterocycles. The van der Waals surface area contributed by atoms with Crippen molar-refractivity contribution in [1.29, 1.82) is 0 Å². The molecular weight excluding hydrogens is 485 g/mol. The topological polar surface area (TPSA) is 91.1 Å². The molecule has 1 amide bonds. The van der Waals surface area contributed by atoms with E-state index in [2.05, 4.69) is 4.74 Å². The smallest absolute Gasteiger partial charge is 0.490 e. The number of rotatable bonds is 10. The van der Waals surface area contributed by atoms with Crippen LogP contribution in [-0.4, -0.2) is 43.2 Å². The number of amides is 1. The molecule has 0 spiro atoms. The molecule has 35 heavy (non-hydrogen) atoms. The Balaban J connectivity index is 2.00. The largest absolute Gasteiger partial charge is 0.491 e. The third-order valence-electron chi connectivity index (χ3n) is 4.79. The van der Waals surface area contributed by atoms with Crippen LogP contribution in [0.2, 0.25) is 0 Å². The Morgan fingerprint density at radius 3 is 2.37 bits per heavy atom. The quantitative estimate of drug-likeness (QED) is 0.322. The number of methoxy groups -OCH3 is 1. The summed E-state index contributed by atoms with van der Waals surface area (Å²) in [5.74, 6) is -4.16. The molecule has 0 saturated heterocycles. The predicted octanol–water partition coefficient (Wildman–Crippen LogP) is 4.40. The van der Waals surface area contributed by atoms with Gasteiger partial charge >= 0.3 is 12.1 Å². The normalized spacial score (nSPS) is 11.1. The summed E-state index contributed by atoms with van der Waals surface area (Å²) in [5, 5.41) is 1.83.